The highest BCUT2D eigenvalue weighted by molar-refractivity contribution is 5.83. The number of pyridine rings is 1. The SMILES string of the molecule is CC(c1ccccn1)N(C)C(=O)C12CC3CC(C)(CC(C)(C3)C1)C2. The molecule has 3 heteroatoms. The summed E-state index contributed by atoms with van der Waals surface area (Å²) in [5.41, 5.74) is 1.61. The molecule has 3 nitrogen and oxygen atoms in total. The van der Waals surface area contributed by atoms with E-state index in [0.717, 1.165) is 30.9 Å². The van der Waals surface area contributed by atoms with E-state index in [-0.39, 0.29) is 11.5 Å². The summed E-state index contributed by atoms with van der Waals surface area (Å²) >= 11 is 0. The molecule has 4 saturated carbocycles. The van der Waals surface area contributed by atoms with Crippen molar-refractivity contribution in [2.24, 2.45) is 22.2 Å². The predicted octanol–water partition coefficient (Wildman–Crippen LogP) is 4.60. The Kier molecular flexibility index (Phi) is 3.40. The van der Waals surface area contributed by atoms with E-state index in [0.29, 0.717) is 16.7 Å². The second-order valence-electron chi connectivity index (χ2n) is 9.76. The molecule has 0 aliphatic heterocycles. The van der Waals surface area contributed by atoms with Crippen LogP contribution in [-0.4, -0.2) is 22.8 Å². The van der Waals surface area contributed by atoms with Crippen LogP contribution in [0, 0.1) is 22.2 Å². The maximum atomic E-state index is 13.6. The molecule has 1 heterocycles. The number of rotatable bonds is 3. The van der Waals surface area contributed by atoms with Crippen LogP contribution >= 0.6 is 0 Å². The second-order valence-corrected chi connectivity index (χ2v) is 9.76. The number of hydrogen-bond donors (Lipinski definition) is 0. The largest absolute Gasteiger partial charge is 0.337 e. The minimum atomic E-state index is -0.124. The zero-order valence-electron chi connectivity index (χ0n) is 15.5. The summed E-state index contributed by atoms with van der Waals surface area (Å²) in [6, 6.07) is 5.99. The Morgan fingerprint density at radius 1 is 1.17 bits per heavy atom. The monoisotopic (exact) mass is 326 g/mol. The highest BCUT2D eigenvalue weighted by Crippen LogP contribution is 2.69. The molecule has 3 unspecified atom stereocenters. The predicted molar refractivity (Wildman–Crippen MR) is 95.3 cm³/mol. The van der Waals surface area contributed by atoms with Crippen LogP contribution < -0.4 is 0 Å². The minimum Gasteiger partial charge on any atom is -0.337 e. The van der Waals surface area contributed by atoms with Crippen LogP contribution in [0.3, 0.4) is 0 Å². The highest BCUT2D eigenvalue weighted by Gasteiger charge is 2.63. The average molecular weight is 326 g/mol. The van der Waals surface area contributed by atoms with Gasteiger partial charge in [0.05, 0.1) is 17.2 Å². The van der Waals surface area contributed by atoms with Crippen molar-refractivity contribution < 1.29 is 4.79 Å². The smallest absolute Gasteiger partial charge is 0.229 e. The molecule has 0 aromatic carbocycles. The Bertz CT molecular complexity index is 637. The van der Waals surface area contributed by atoms with Crippen molar-refractivity contribution in [3.8, 4) is 0 Å². The van der Waals surface area contributed by atoms with Crippen molar-refractivity contribution >= 4 is 5.91 Å². The lowest BCUT2D eigenvalue weighted by Gasteiger charge is -2.65. The Balaban J connectivity index is 1.62. The molecule has 0 radical (unpaired) electrons. The second kappa shape index (κ2) is 5.06. The Hall–Kier alpha value is -1.38. The molecule has 1 aromatic heterocycles. The van der Waals surface area contributed by atoms with E-state index < -0.39 is 0 Å². The van der Waals surface area contributed by atoms with E-state index in [1.54, 1.807) is 0 Å². The normalized spacial score (nSPS) is 41.2. The zero-order valence-corrected chi connectivity index (χ0v) is 15.5. The van der Waals surface area contributed by atoms with Gasteiger partial charge in [0, 0.05) is 13.2 Å². The summed E-state index contributed by atoms with van der Waals surface area (Å²) in [5, 5.41) is 0. The fourth-order valence-electron chi connectivity index (χ4n) is 7.06. The first-order valence-electron chi connectivity index (χ1n) is 9.43. The molecule has 24 heavy (non-hydrogen) atoms. The molecule has 4 aliphatic rings. The summed E-state index contributed by atoms with van der Waals surface area (Å²) in [5.74, 6) is 1.11. The third-order valence-electron chi connectivity index (χ3n) is 7.10. The molecule has 0 saturated heterocycles. The van der Waals surface area contributed by atoms with Gasteiger partial charge >= 0.3 is 0 Å². The fraction of sp³-hybridized carbons (Fsp3) is 0.714. The van der Waals surface area contributed by atoms with Crippen molar-refractivity contribution in [3.63, 3.8) is 0 Å². The summed E-state index contributed by atoms with van der Waals surface area (Å²) in [6.07, 6.45) is 9.07. The first kappa shape index (κ1) is 16.1. The van der Waals surface area contributed by atoms with E-state index in [2.05, 4.69) is 25.8 Å². The van der Waals surface area contributed by atoms with Gasteiger partial charge in [-0.15, -0.1) is 0 Å². The molecule has 1 aromatic rings. The number of aromatic nitrogens is 1. The van der Waals surface area contributed by atoms with E-state index in [1.165, 1.54) is 19.3 Å². The Morgan fingerprint density at radius 3 is 2.38 bits per heavy atom. The summed E-state index contributed by atoms with van der Waals surface area (Å²) in [6.45, 7) is 6.96. The number of carbonyl (C=O) groups is 1. The molecule has 3 atom stereocenters. The van der Waals surface area contributed by atoms with Crippen molar-refractivity contribution in [2.75, 3.05) is 7.05 Å². The summed E-state index contributed by atoms with van der Waals surface area (Å²) in [7, 11) is 1.98. The Morgan fingerprint density at radius 2 is 1.83 bits per heavy atom. The highest BCUT2D eigenvalue weighted by atomic mass is 16.2. The molecular weight excluding hydrogens is 296 g/mol. The van der Waals surface area contributed by atoms with Crippen molar-refractivity contribution in [1.82, 2.24) is 9.88 Å². The maximum Gasteiger partial charge on any atom is 0.229 e. The topological polar surface area (TPSA) is 33.2 Å². The van der Waals surface area contributed by atoms with E-state index in [9.17, 15) is 4.79 Å². The molecular formula is C21H30N2O. The third-order valence-corrected chi connectivity index (χ3v) is 7.10. The van der Waals surface area contributed by atoms with Gasteiger partial charge in [-0.05, 0) is 74.3 Å². The molecule has 130 valence electrons. The summed E-state index contributed by atoms with van der Waals surface area (Å²) in [4.78, 5) is 20.0. The molecule has 0 spiro atoms. The van der Waals surface area contributed by atoms with Crippen LogP contribution in [-0.2, 0) is 4.79 Å². The molecule has 4 aliphatic carbocycles. The van der Waals surface area contributed by atoms with E-state index in [1.807, 2.05) is 36.3 Å². The van der Waals surface area contributed by atoms with Gasteiger partial charge in [0.25, 0.3) is 0 Å². The van der Waals surface area contributed by atoms with Gasteiger partial charge in [-0.1, -0.05) is 19.9 Å². The fourth-order valence-corrected chi connectivity index (χ4v) is 7.06. The first-order valence-corrected chi connectivity index (χ1v) is 9.43. The number of hydrogen-bond acceptors (Lipinski definition) is 2. The van der Waals surface area contributed by atoms with Crippen LogP contribution in [0.5, 0.6) is 0 Å². The third kappa shape index (κ3) is 2.39. The minimum absolute atomic E-state index is 0.0346. The van der Waals surface area contributed by atoms with E-state index in [4.69, 9.17) is 0 Å². The number of amides is 1. The molecule has 1 amide bonds. The molecule has 4 bridgehead atoms. The first-order chi connectivity index (χ1) is 11.2. The summed E-state index contributed by atoms with van der Waals surface area (Å²) < 4.78 is 0. The Labute approximate surface area is 145 Å². The van der Waals surface area contributed by atoms with Gasteiger partial charge in [-0.25, -0.2) is 0 Å². The maximum absolute atomic E-state index is 13.6. The lowest BCUT2D eigenvalue weighted by Crippen LogP contribution is -2.60. The van der Waals surface area contributed by atoms with Gasteiger partial charge in [-0.2, -0.15) is 0 Å². The standard InChI is InChI=1S/C21H30N2O/c1-15(17-7-5-6-8-22-17)23(4)18(24)21-11-16-9-19(2,13-21)12-20(3,10-16)14-21/h5-8,15-16H,9-14H2,1-4H3. The zero-order chi connectivity index (χ0) is 17.2. The quantitative estimate of drug-likeness (QED) is 0.813. The lowest BCUT2D eigenvalue weighted by atomic mass is 9.40. The molecule has 5 rings (SSSR count). The number of carbonyl (C=O) groups excluding carboxylic acids is 1. The van der Waals surface area contributed by atoms with Crippen LogP contribution in [0.15, 0.2) is 24.4 Å². The van der Waals surface area contributed by atoms with Crippen LogP contribution in [0.1, 0.15) is 71.0 Å². The molecule has 4 fully saturated rings. The van der Waals surface area contributed by atoms with Crippen LogP contribution in [0.25, 0.3) is 0 Å². The number of nitrogens with zero attached hydrogens (tertiary/aromatic N) is 2. The van der Waals surface area contributed by atoms with Gasteiger partial charge in [-0.3, -0.25) is 9.78 Å². The average Bonchev–Trinajstić information content (AvgIpc) is 2.50. The van der Waals surface area contributed by atoms with Crippen molar-refractivity contribution in [2.45, 2.75) is 65.3 Å². The molecule has 0 N–H and O–H groups in total. The van der Waals surface area contributed by atoms with Crippen LogP contribution in [0.2, 0.25) is 0 Å². The van der Waals surface area contributed by atoms with Gasteiger partial charge in [0.15, 0.2) is 0 Å². The van der Waals surface area contributed by atoms with E-state index >= 15 is 0 Å². The van der Waals surface area contributed by atoms with Crippen LogP contribution in [0.4, 0.5) is 0 Å². The van der Waals surface area contributed by atoms with Gasteiger partial charge < -0.3 is 4.90 Å². The lowest BCUT2D eigenvalue weighted by molar-refractivity contribution is -0.180. The van der Waals surface area contributed by atoms with Gasteiger partial charge in [0.2, 0.25) is 5.91 Å². The van der Waals surface area contributed by atoms with Crippen molar-refractivity contribution in [1.29, 1.82) is 0 Å². The van der Waals surface area contributed by atoms with Crippen molar-refractivity contribution in [3.05, 3.63) is 30.1 Å². The van der Waals surface area contributed by atoms with Gasteiger partial charge in [0.1, 0.15) is 0 Å².